The predicted molar refractivity (Wildman–Crippen MR) is 110 cm³/mol. The Kier molecular flexibility index (Phi) is 6.25. The van der Waals surface area contributed by atoms with Gasteiger partial charge < -0.3 is 5.32 Å². The largest absolute Gasteiger partial charge is 0.326 e. The van der Waals surface area contributed by atoms with Crippen LogP contribution in [0.25, 0.3) is 0 Å². The summed E-state index contributed by atoms with van der Waals surface area (Å²) in [5, 5.41) is 3.51. The number of hydrogen-bond donors (Lipinski definition) is 1. The Bertz CT molecular complexity index is 948. The van der Waals surface area contributed by atoms with Crippen LogP contribution in [0.2, 0.25) is 5.02 Å². The highest BCUT2D eigenvalue weighted by molar-refractivity contribution is 9.10. The topological polar surface area (TPSA) is 66.5 Å². The number of sulfonamides is 1. The van der Waals surface area contributed by atoms with Crippen molar-refractivity contribution in [2.45, 2.75) is 24.7 Å². The quantitative estimate of drug-likeness (QED) is 0.716. The molecular weight excluding hydrogens is 452 g/mol. The molecule has 2 aromatic rings. The Morgan fingerprint density at radius 2 is 1.93 bits per heavy atom. The maximum atomic E-state index is 12.9. The molecule has 1 atom stereocenters. The zero-order valence-corrected chi connectivity index (χ0v) is 17.9. The van der Waals surface area contributed by atoms with Gasteiger partial charge in [0.15, 0.2) is 0 Å². The number of carbonyl (C=O) groups excluding carboxylic acids is 1. The molecule has 144 valence electrons. The van der Waals surface area contributed by atoms with Crippen molar-refractivity contribution < 1.29 is 13.2 Å². The molecule has 1 aliphatic heterocycles. The van der Waals surface area contributed by atoms with Crippen LogP contribution in [0.4, 0.5) is 5.69 Å². The maximum absolute atomic E-state index is 12.9. The fraction of sp³-hybridized carbons (Fsp3) is 0.316. The number of nitrogens with zero attached hydrogens (tertiary/aromatic N) is 1. The van der Waals surface area contributed by atoms with E-state index in [9.17, 15) is 13.2 Å². The number of carbonyl (C=O) groups is 1. The summed E-state index contributed by atoms with van der Waals surface area (Å²) in [6, 6.07) is 11.8. The van der Waals surface area contributed by atoms with Gasteiger partial charge in [0, 0.05) is 28.3 Å². The van der Waals surface area contributed by atoms with Gasteiger partial charge in [0.25, 0.3) is 0 Å². The average molecular weight is 472 g/mol. The van der Waals surface area contributed by atoms with E-state index in [2.05, 4.69) is 21.2 Å². The number of aryl methyl sites for hydroxylation is 1. The van der Waals surface area contributed by atoms with Crippen molar-refractivity contribution in [3.8, 4) is 0 Å². The Morgan fingerprint density at radius 1 is 1.22 bits per heavy atom. The highest BCUT2D eigenvalue weighted by Gasteiger charge is 2.33. The van der Waals surface area contributed by atoms with E-state index >= 15 is 0 Å². The molecule has 0 unspecified atom stereocenters. The molecule has 27 heavy (non-hydrogen) atoms. The van der Waals surface area contributed by atoms with Gasteiger partial charge in [-0.25, -0.2) is 8.42 Å². The number of rotatable bonds is 4. The molecule has 1 fully saturated rings. The predicted octanol–water partition coefficient (Wildman–Crippen LogP) is 4.45. The zero-order valence-electron chi connectivity index (χ0n) is 14.8. The number of hydrogen-bond acceptors (Lipinski definition) is 3. The van der Waals surface area contributed by atoms with Gasteiger partial charge in [0.05, 0.1) is 10.8 Å². The van der Waals surface area contributed by atoms with E-state index in [1.165, 1.54) is 4.31 Å². The van der Waals surface area contributed by atoms with E-state index in [1.54, 1.807) is 42.5 Å². The van der Waals surface area contributed by atoms with Gasteiger partial charge in [-0.1, -0.05) is 27.5 Å². The molecule has 0 spiro atoms. The minimum absolute atomic E-state index is 0.170. The molecule has 5 nitrogen and oxygen atoms in total. The van der Waals surface area contributed by atoms with Gasteiger partial charge in [-0.05, 0) is 67.8 Å². The van der Waals surface area contributed by atoms with Crippen molar-refractivity contribution >= 4 is 49.1 Å². The lowest BCUT2D eigenvalue weighted by Crippen LogP contribution is -2.43. The zero-order chi connectivity index (χ0) is 19.6. The Labute approximate surface area is 172 Å². The van der Waals surface area contributed by atoms with E-state index < -0.39 is 10.0 Å². The third kappa shape index (κ3) is 4.71. The molecule has 0 bridgehead atoms. The molecule has 1 N–H and O–H groups in total. The van der Waals surface area contributed by atoms with Gasteiger partial charge in [-0.2, -0.15) is 4.31 Å². The van der Waals surface area contributed by atoms with Crippen molar-refractivity contribution in [1.29, 1.82) is 0 Å². The van der Waals surface area contributed by atoms with Crippen LogP contribution in [0.1, 0.15) is 18.4 Å². The minimum atomic E-state index is -3.62. The van der Waals surface area contributed by atoms with Crippen LogP contribution in [0.15, 0.2) is 51.8 Å². The summed E-state index contributed by atoms with van der Waals surface area (Å²) in [5.41, 5.74) is 1.56. The van der Waals surface area contributed by atoms with Gasteiger partial charge in [-0.3, -0.25) is 4.79 Å². The first-order chi connectivity index (χ1) is 12.8. The van der Waals surface area contributed by atoms with Crippen LogP contribution in [-0.2, 0) is 14.8 Å². The third-order valence-corrected chi connectivity index (χ3v) is 7.30. The molecule has 0 aliphatic carbocycles. The molecule has 1 amide bonds. The lowest BCUT2D eigenvalue weighted by atomic mass is 9.98. The standard InChI is InChI=1S/C19H20BrClN2O3S/c1-13-11-16(21)6-9-18(13)22-19(24)14-3-2-10-23(12-14)27(25,26)17-7-4-15(20)5-8-17/h4-9,11,14H,2-3,10,12H2,1H3,(H,22,24)/t14-/m1/s1. The molecule has 1 saturated heterocycles. The van der Waals surface area contributed by atoms with E-state index in [0.29, 0.717) is 30.1 Å². The second-order valence-corrected chi connectivity index (χ2v) is 9.89. The summed E-state index contributed by atoms with van der Waals surface area (Å²) in [6.07, 6.45) is 1.30. The number of amides is 1. The Balaban J connectivity index is 1.73. The first kappa shape index (κ1) is 20.3. The summed E-state index contributed by atoms with van der Waals surface area (Å²) < 4.78 is 28.0. The molecule has 0 radical (unpaired) electrons. The number of benzene rings is 2. The molecular formula is C19H20BrClN2O3S. The van der Waals surface area contributed by atoms with Crippen LogP contribution in [0.5, 0.6) is 0 Å². The highest BCUT2D eigenvalue weighted by Crippen LogP contribution is 2.26. The second-order valence-electron chi connectivity index (χ2n) is 6.60. The summed E-state index contributed by atoms with van der Waals surface area (Å²) >= 11 is 9.26. The van der Waals surface area contributed by atoms with Crippen molar-refractivity contribution in [2.24, 2.45) is 5.92 Å². The molecule has 0 saturated carbocycles. The minimum Gasteiger partial charge on any atom is -0.326 e. The highest BCUT2D eigenvalue weighted by atomic mass is 79.9. The number of piperidine rings is 1. The summed E-state index contributed by atoms with van der Waals surface area (Å²) in [6.45, 7) is 2.46. The smallest absolute Gasteiger partial charge is 0.243 e. The van der Waals surface area contributed by atoms with E-state index in [1.807, 2.05) is 6.92 Å². The molecule has 0 aromatic heterocycles. The summed E-state index contributed by atoms with van der Waals surface area (Å²) in [7, 11) is -3.62. The lowest BCUT2D eigenvalue weighted by Gasteiger charge is -2.31. The number of nitrogens with one attached hydrogen (secondary N) is 1. The molecule has 1 aliphatic rings. The maximum Gasteiger partial charge on any atom is 0.243 e. The molecule has 3 rings (SSSR count). The fourth-order valence-corrected chi connectivity index (χ4v) is 5.15. The van der Waals surface area contributed by atoms with Gasteiger partial charge >= 0.3 is 0 Å². The Morgan fingerprint density at radius 3 is 2.59 bits per heavy atom. The van der Waals surface area contributed by atoms with Crippen molar-refractivity contribution in [1.82, 2.24) is 4.31 Å². The monoisotopic (exact) mass is 470 g/mol. The number of anilines is 1. The van der Waals surface area contributed by atoms with Gasteiger partial charge in [-0.15, -0.1) is 0 Å². The molecule has 8 heteroatoms. The van der Waals surface area contributed by atoms with E-state index in [-0.39, 0.29) is 23.3 Å². The van der Waals surface area contributed by atoms with Crippen molar-refractivity contribution in [3.05, 3.63) is 57.5 Å². The third-order valence-electron chi connectivity index (χ3n) is 4.65. The normalized spacial score (nSPS) is 18.3. The summed E-state index contributed by atoms with van der Waals surface area (Å²) in [5.74, 6) is -0.560. The van der Waals surface area contributed by atoms with Crippen LogP contribution in [0, 0.1) is 12.8 Å². The lowest BCUT2D eigenvalue weighted by molar-refractivity contribution is -0.120. The van der Waals surface area contributed by atoms with Crippen LogP contribution < -0.4 is 5.32 Å². The molecule has 2 aromatic carbocycles. The van der Waals surface area contributed by atoms with Crippen LogP contribution >= 0.6 is 27.5 Å². The Hall–Kier alpha value is -1.41. The van der Waals surface area contributed by atoms with Crippen LogP contribution in [0.3, 0.4) is 0 Å². The van der Waals surface area contributed by atoms with Gasteiger partial charge in [0.2, 0.25) is 15.9 Å². The van der Waals surface area contributed by atoms with Crippen LogP contribution in [-0.4, -0.2) is 31.7 Å². The second kappa shape index (κ2) is 8.31. The van der Waals surface area contributed by atoms with Gasteiger partial charge in [0.1, 0.15) is 0 Å². The van der Waals surface area contributed by atoms with E-state index in [0.717, 1.165) is 10.0 Å². The first-order valence-electron chi connectivity index (χ1n) is 8.60. The fourth-order valence-electron chi connectivity index (χ4n) is 3.13. The SMILES string of the molecule is Cc1cc(Cl)ccc1NC(=O)[C@@H]1CCCN(S(=O)(=O)c2ccc(Br)cc2)C1. The van der Waals surface area contributed by atoms with E-state index in [4.69, 9.17) is 11.6 Å². The summed E-state index contributed by atoms with van der Waals surface area (Å²) in [4.78, 5) is 12.9. The number of halogens is 2. The first-order valence-corrected chi connectivity index (χ1v) is 11.2. The van der Waals surface area contributed by atoms with Crippen molar-refractivity contribution in [3.63, 3.8) is 0 Å². The van der Waals surface area contributed by atoms with Crippen molar-refractivity contribution in [2.75, 3.05) is 18.4 Å². The molecule has 1 heterocycles. The average Bonchev–Trinajstić information content (AvgIpc) is 2.64.